The quantitative estimate of drug-likeness (QED) is 0.0739. The van der Waals surface area contributed by atoms with Crippen LogP contribution in [0.3, 0.4) is 0 Å². The van der Waals surface area contributed by atoms with Crippen molar-refractivity contribution in [2.75, 3.05) is 0 Å². The number of nitrogens with zero attached hydrogens (tertiary/aromatic N) is 7. The molecular formula is C135H87N7O. The topological polar surface area (TPSA) is 103 Å². The van der Waals surface area contributed by atoms with Crippen molar-refractivity contribution in [3.8, 4) is 169 Å². The molecule has 0 aliphatic carbocycles. The van der Waals surface area contributed by atoms with Gasteiger partial charge in [0.2, 0.25) is 0 Å². The Labute approximate surface area is 827 Å². The Morgan fingerprint density at radius 3 is 0.671 bits per heavy atom. The van der Waals surface area contributed by atoms with E-state index in [4.69, 9.17) is 39.3 Å². The monoisotopic (exact) mass is 1820 g/mol. The van der Waals surface area contributed by atoms with Crippen molar-refractivity contribution in [3.63, 3.8) is 0 Å². The molecule has 0 bridgehead atoms. The van der Waals surface area contributed by atoms with Gasteiger partial charge in [0.15, 0.2) is 29.1 Å². The molecule has 0 N–H and O–H groups in total. The van der Waals surface area contributed by atoms with E-state index >= 15 is 0 Å². The minimum absolute atomic E-state index is 0.625. The number of hydrogen-bond acceptors (Lipinski definition) is 8. The molecule has 668 valence electrons. The third kappa shape index (κ3) is 16.7. The van der Waals surface area contributed by atoms with Crippen molar-refractivity contribution < 1.29 is 4.42 Å². The molecule has 27 aromatic rings. The maximum atomic E-state index is 6.08. The fraction of sp³-hybridized carbons (Fsp3) is 0. The van der Waals surface area contributed by atoms with Crippen LogP contribution < -0.4 is 0 Å². The summed E-state index contributed by atoms with van der Waals surface area (Å²) in [5.74, 6) is 3.33. The van der Waals surface area contributed by atoms with Crippen molar-refractivity contribution in [1.82, 2.24) is 34.9 Å². The van der Waals surface area contributed by atoms with E-state index in [2.05, 4.69) is 394 Å². The molecule has 23 aromatic carbocycles. The predicted octanol–water partition coefficient (Wildman–Crippen LogP) is 35.8. The number of hydrogen-bond donors (Lipinski definition) is 0. The lowest BCUT2D eigenvalue weighted by Gasteiger charge is -2.18. The first-order valence-corrected chi connectivity index (χ1v) is 48.4. The predicted molar refractivity (Wildman–Crippen MR) is 595 cm³/mol. The van der Waals surface area contributed by atoms with Crippen LogP contribution in [0, 0.1) is 0 Å². The Morgan fingerprint density at radius 2 is 0.308 bits per heavy atom. The lowest BCUT2D eigenvalue weighted by atomic mass is 9.85. The second-order valence-electron chi connectivity index (χ2n) is 36.0. The van der Waals surface area contributed by atoms with Crippen LogP contribution in [0.4, 0.5) is 0 Å². The van der Waals surface area contributed by atoms with Gasteiger partial charge in [0.05, 0.1) is 22.8 Å². The third-order valence-corrected chi connectivity index (χ3v) is 27.3. The van der Waals surface area contributed by atoms with Gasteiger partial charge in [-0.1, -0.05) is 473 Å². The van der Waals surface area contributed by atoms with E-state index in [1.165, 1.54) is 131 Å². The highest BCUT2D eigenvalue weighted by Gasteiger charge is 2.24. The normalized spacial score (nSPS) is 11.4. The molecule has 0 radical (unpaired) electrons. The van der Waals surface area contributed by atoms with Crippen LogP contribution in [-0.2, 0) is 0 Å². The average Bonchev–Trinajstić information content (AvgIpc) is 1.44. The van der Waals surface area contributed by atoms with E-state index in [1.54, 1.807) is 0 Å². The van der Waals surface area contributed by atoms with E-state index in [-0.39, 0.29) is 0 Å². The summed E-state index contributed by atoms with van der Waals surface area (Å²) in [4.78, 5) is 35.1. The Morgan fingerprint density at radius 1 is 0.105 bits per heavy atom. The van der Waals surface area contributed by atoms with Crippen LogP contribution in [0.15, 0.2) is 532 Å². The Bertz CT molecular complexity index is 8930. The van der Waals surface area contributed by atoms with Gasteiger partial charge in [-0.25, -0.2) is 34.9 Å². The second kappa shape index (κ2) is 37.7. The molecule has 0 aliphatic heterocycles. The molecule has 4 aromatic heterocycles. The second-order valence-corrected chi connectivity index (χ2v) is 36.0. The number of para-hydroxylation sites is 1. The molecular weight excluding hydrogens is 1740 g/mol. The van der Waals surface area contributed by atoms with Crippen molar-refractivity contribution in [2.24, 2.45) is 0 Å². The van der Waals surface area contributed by atoms with E-state index in [0.29, 0.717) is 23.3 Å². The Kier molecular flexibility index (Phi) is 22.6. The van der Waals surface area contributed by atoms with Gasteiger partial charge in [-0.05, 0) is 197 Å². The number of benzene rings is 23. The minimum Gasteiger partial charge on any atom is -0.456 e. The molecule has 0 saturated carbocycles. The van der Waals surface area contributed by atoms with Gasteiger partial charge in [-0.15, -0.1) is 0 Å². The molecule has 0 atom stereocenters. The minimum atomic E-state index is 0.625. The summed E-state index contributed by atoms with van der Waals surface area (Å²) >= 11 is 0. The van der Waals surface area contributed by atoms with Crippen LogP contribution in [0.5, 0.6) is 0 Å². The molecule has 0 amide bonds. The van der Waals surface area contributed by atoms with Gasteiger partial charge >= 0.3 is 0 Å². The average molecular weight is 1820 g/mol. The van der Waals surface area contributed by atoms with Crippen LogP contribution in [0.2, 0.25) is 0 Å². The summed E-state index contributed by atoms with van der Waals surface area (Å²) in [5.41, 5.74) is 28.9. The molecule has 8 heteroatoms. The number of rotatable bonds is 15. The largest absolute Gasteiger partial charge is 0.456 e. The fourth-order valence-electron chi connectivity index (χ4n) is 20.4. The number of furan rings is 1. The van der Waals surface area contributed by atoms with E-state index in [9.17, 15) is 0 Å². The maximum Gasteiger partial charge on any atom is 0.164 e. The van der Waals surface area contributed by atoms with Crippen LogP contribution in [-0.4, -0.2) is 34.9 Å². The van der Waals surface area contributed by atoms with E-state index in [0.717, 1.165) is 112 Å². The maximum absolute atomic E-state index is 6.08. The van der Waals surface area contributed by atoms with E-state index < -0.39 is 0 Å². The first kappa shape index (κ1) is 85.5. The summed E-state index contributed by atoms with van der Waals surface area (Å²) < 4.78 is 6.08. The van der Waals surface area contributed by atoms with Crippen molar-refractivity contribution in [2.45, 2.75) is 0 Å². The zero-order valence-corrected chi connectivity index (χ0v) is 77.8. The third-order valence-electron chi connectivity index (χ3n) is 27.3. The summed E-state index contributed by atoms with van der Waals surface area (Å²) in [7, 11) is 0. The van der Waals surface area contributed by atoms with Gasteiger partial charge in [-0.2, -0.15) is 0 Å². The van der Waals surface area contributed by atoms with Crippen LogP contribution >= 0.6 is 0 Å². The SMILES string of the molecule is c1ccc(-c2cc(-c3ccc(-c4ccc5c(-c6ccccc6)c6ccccc6c(-c6ccccc6)c5c4)cc3)nc(-c3ccccc3)n2)cc1.c1ccc(-c2cc(-c3ccccc3)nc(-c3ccc(-c4ccc5c(-c6ccccc6)c6ccccc6c(-c6ccccc6)c5c4)cc3)n2)cc1.c1ccc(-c2nc(-c3ccc4oc5ccccc5c4c3)nc(-c3ccc4c5ccccc5c5ccccc5c4c3)n2)cc1. The van der Waals surface area contributed by atoms with Crippen molar-refractivity contribution in [1.29, 1.82) is 0 Å². The van der Waals surface area contributed by atoms with Gasteiger partial charge in [0, 0.05) is 60.8 Å². The smallest absolute Gasteiger partial charge is 0.164 e. The lowest BCUT2D eigenvalue weighted by Crippen LogP contribution is -2.00. The molecule has 4 heterocycles. The fourth-order valence-corrected chi connectivity index (χ4v) is 20.4. The molecule has 0 aliphatic rings. The molecule has 0 unspecified atom stereocenters. The highest BCUT2D eigenvalue weighted by atomic mass is 16.3. The lowest BCUT2D eigenvalue weighted by molar-refractivity contribution is 0.669. The first-order valence-electron chi connectivity index (χ1n) is 48.4. The summed E-state index contributed by atoms with van der Waals surface area (Å²) in [6.45, 7) is 0. The number of aromatic nitrogens is 7. The van der Waals surface area contributed by atoms with Gasteiger partial charge in [0.1, 0.15) is 11.2 Å². The molecule has 0 spiro atoms. The molecule has 27 rings (SSSR count). The zero-order valence-electron chi connectivity index (χ0n) is 77.8. The summed E-state index contributed by atoms with van der Waals surface area (Å²) in [5, 5.41) is 19.5. The zero-order chi connectivity index (χ0) is 94.9. The van der Waals surface area contributed by atoms with Crippen LogP contribution in [0.1, 0.15) is 0 Å². The van der Waals surface area contributed by atoms with Crippen molar-refractivity contribution >= 4 is 97.3 Å². The molecule has 0 fully saturated rings. The van der Waals surface area contributed by atoms with Gasteiger partial charge < -0.3 is 4.42 Å². The van der Waals surface area contributed by atoms with Crippen LogP contribution in [0.25, 0.3) is 266 Å². The Hall–Kier alpha value is -19.2. The summed E-state index contributed by atoms with van der Waals surface area (Å²) in [6, 6.07) is 186. The molecule has 143 heavy (non-hydrogen) atoms. The number of fused-ring (bicyclic) bond motifs is 13. The van der Waals surface area contributed by atoms with E-state index in [1.807, 2.05) is 133 Å². The van der Waals surface area contributed by atoms with Gasteiger partial charge in [-0.3, -0.25) is 0 Å². The standard InChI is InChI=1S/2C48H32N2.C39H23N3O/c1-5-15-34(16-6-1)44-32-45(50-48(49-44)38-21-11-4-12-22-38)35-27-25-33(26-28-35)39-29-30-42-43(31-39)47(37-19-9-3-10-20-37)41-24-14-13-23-40(41)46(42)36-17-7-2-8-18-36;1-5-15-34(16-6-1)44-32-45(35-17-7-2-8-18-35)50-48(49-44)38-27-25-33(26-28-38)39-29-30-42-43(31-39)47(37-21-11-4-12-22-37)41-24-14-13-23-40(41)46(42)36-19-9-3-10-20-36;1-2-10-24(11-3-1)37-40-38(42-39(41-37)26-19-21-36-34(23-26)32-16-8-9-17-35(32)43-36)25-18-20-31-29-14-5-4-12-27(29)28-13-6-7-15-30(28)33(31)22-25/h2*1-32H;1-23H. The molecule has 0 saturated heterocycles. The van der Waals surface area contributed by atoms with Crippen molar-refractivity contribution in [3.05, 3.63) is 528 Å². The first-order chi connectivity index (χ1) is 70.9. The highest BCUT2D eigenvalue weighted by Crippen LogP contribution is 2.49. The highest BCUT2D eigenvalue weighted by molar-refractivity contribution is 6.27. The molecule has 8 nitrogen and oxygen atoms in total. The van der Waals surface area contributed by atoms with Gasteiger partial charge in [0.25, 0.3) is 0 Å². The Balaban J connectivity index is 0.000000113. The summed E-state index contributed by atoms with van der Waals surface area (Å²) in [6.07, 6.45) is 0.